The zero-order valence-electron chi connectivity index (χ0n) is 15.6. The summed E-state index contributed by atoms with van der Waals surface area (Å²) in [7, 11) is 0. The highest BCUT2D eigenvalue weighted by atomic mass is 16.5. The molecule has 0 radical (unpaired) electrons. The Hall–Kier alpha value is -2.96. The number of esters is 1. The van der Waals surface area contributed by atoms with Crippen LogP contribution in [0.5, 0.6) is 0 Å². The Morgan fingerprint density at radius 3 is 2.39 bits per heavy atom. The number of hydrogen-bond acceptors (Lipinski definition) is 5. The molecule has 4 rings (SSSR count). The third kappa shape index (κ3) is 3.10. The number of fused-ring (bicyclic) bond motifs is 5. The van der Waals surface area contributed by atoms with E-state index in [9.17, 15) is 19.2 Å². The molecule has 7 nitrogen and oxygen atoms in total. The molecular formula is C21H22N2O5. The number of para-hydroxylation sites is 1. The van der Waals surface area contributed by atoms with Crippen molar-refractivity contribution < 1.29 is 23.9 Å². The second-order valence-electron chi connectivity index (χ2n) is 7.48. The second kappa shape index (κ2) is 7.22. The standard InChI is InChI=1S/C21H22N2O5/c1-2-12-5-3-4-6-15(12)22-16(24)11-28-17(25)10-23-20(26)18-13-7-8-14(9-13)19(18)21(23)27/h3-8,13-14,18-19H,2,9-11H2,1H3,(H,22,24)/t13-,14-,18+,19+/m0/s1. The molecule has 1 N–H and O–H groups in total. The zero-order valence-corrected chi connectivity index (χ0v) is 15.6. The van der Waals surface area contributed by atoms with E-state index in [4.69, 9.17) is 4.74 Å². The zero-order chi connectivity index (χ0) is 19.8. The van der Waals surface area contributed by atoms with Crippen molar-refractivity contribution in [1.29, 1.82) is 0 Å². The number of amides is 3. The Bertz CT molecular complexity index is 847. The van der Waals surface area contributed by atoms with Crippen molar-refractivity contribution in [2.45, 2.75) is 19.8 Å². The minimum Gasteiger partial charge on any atom is -0.454 e. The lowest BCUT2D eigenvalue weighted by Gasteiger charge is -2.16. The van der Waals surface area contributed by atoms with E-state index in [2.05, 4.69) is 5.32 Å². The number of benzene rings is 1. The summed E-state index contributed by atoms with van der Waals surface area (Å²) in [5.41, 5.74) is 1.65. The minimum atomic E-state index is -0.763. The molecule has 2 fully saturated rings. The first-order valence-electron chi connectivity index (χ1n) is 9.56. The molecule has 1 aliphatic heterocycles. The first-order chi connectivity index (χ1) is 13.5. The highest BCUT2D eigenvalue weighted by Crippen LogP contribution is 2.52. The summed E-state index contributed by atoms with van der Waals surface area (Å²) in [4.78, 5) is 50.3. The van der Waals surface area contributed by atoms with Gasteiger partial charge in [-0.25, -0.2) is 0 Å². The van der Waals surface area contributed by atoms with Gasteiger partial charge in [-0.15, -0.1) is 0 Å². The Morgan fingerprint density at radius 1 is 1.11 bits per heavy atom. The maximum absolute atomic E-state index is 12.6. The number of rotatable bonds is 6. The van der Waals surface area contributed by atoms with E-state index in [1.807, 2.05) is 37.3 Å². The van der Waals surface area contributed by atoms with Crippen molar-refractivity contribution in [3.05, 3.63) is 42.0 Å². The Morgan fingerprint density at radius 2 is 1.75 bits per heavy atom. The molecule has 1 saturated carbocycles. The van der Waals surface area contributed by atoms with Gasteiger partial charge in [0, 0.05) is 5.69 Å². The number of hydrogen-bond donors (Lipinski definition) is 1. The number of imide groups is 1. The van der Waals surface area contributed by atoms with Crippen molar-refractivity contribution in [2.24, 2.45) is 23.7 Å². The first kappa shape index (κ1) is 18.4. The molecule has 1 saturated heterocycles. The summed E-state index contributed by atoms with van der Waals surface area (Å²) in [6.07, 6.45) is 5.59. The van der Waals surface area contributed by atoms with Crippen molar-refractivity contribution in [1.82, 2.24) is 4.90 Å². The van der Waals surface area contributed by atoms with E-state index >= 15 is 0 Å². The molecule has 0 spiro atoms. The summed E-state index contributed by atoms with van der Waals surface area (Å²) < 4.78 is 4.99. The molecule has 1 aromatic carbocycles. The van der Waals surface area contributed by atoms with Crippen LogP contribution >= 0.6 is 0 Å². The van der Waals surface area contributed by atoms with Gasteiger partial charge < -0.3 is 10.1 Å². The molecule has 0 unspecified atom stereocenters. The molecule has 1 aromatic rings. The maximum atomic E-state index is 12.6. The van der Waals surface area contributed by atoms with Crippen LogP contribution < -0.4 is 5.32 Å². The van der Waals surface area contributed by atoms with Gasteiger partial charge in [0.1, 0.15) is 6.54 Å². The SMILES string of the molecule is CCc1ccccc1NC(=O)COC(=O)CN1C(=O)[C@H]2[C@H](C1=O)[C@H]1C=C[C@H]2C1. The quantitative estimate of drug-likeness (QED) is 0.458. The fourth-order valence-electron chi connectivity index (χ4n) is 4.58. The molecular weight excluding hydrogens is 360 g/mol. The predicted molar refractivity (Wildman–Crippen MR) is 99.8 cm³/mol. The summed E-state index contributed by atoms with van der Waals surface area (Å²) in [6, 6.07) is 7.38. The number of aryl methyl sites for hydroxylation is 1. The molecule has 2 bridgehead atoms. The van der Waals surface area contributed by atoms with Crippen LogP contribution in [-0.2, 0) is 30.3 Å². The molecule has 7 heteroatoms. The first-order valence-corrected chi connectivity index (χ1v) is 9.56. The summed E-state index contributed by atoms with van der Waals surface area (Å²) in [6.45, 7) is 1.07. The van der Waals surface area contributed by atoms with E-state index < -0.39 is 25.0 Å². The number of ether oxygens (including phenoxy) is 1. The molecule has 0 aromatic heterocycles. The maximum Gasteiger partial charge on any atom is 0.326 e. The van der Waals surface area contributed by atoms with E-state index in [0.717, 1.165) is 23.3 Å². The highest BCUT2D eigenvalue weighted by Gasteiger charge is 2.59. The van der Waals surface area contributed by atoms with Crippen LogP contribution in [0.15, 0.2) is 36.4 Å². The predicted octanol–water partition coefficient (Wildman–Crippen LogP) is 1.54. The van der Waals surface area contributed by atoms with Crippen LogP contribution in [0, 0.1) is 23.7 Å². The van der Waals surface area contributed by atoms with Gasteiger partial charge in [0.2, 0.25) is 11.8 Å². The Balaban J connectivity index is 1.30. The topological polar surface area (TPSA) is 92.8 Å². The van der Waals surface area contributed by atoms with Gasteiger partial charge >= 0.3 is 5.97 Å². The lowest BCUT2D eigenvalue weighted by molar-refractivity contribution is -0.154. The number of allylic oxidation sites excluding steroid dienone is 2. The molecule has 4 atom stereocenters. The van der Waals surface area contributed by atoms with Gasteiger partial charge in [-0.2, -0.15) is 0 Å². The number of nitrogens with zero attached hydrogens (tertiary/aromatic N) is 1. The van der Waals surface area contributed by atoms with E-state index in [1.165, 1.54) is 0 Å². The molecule has 3 amide bonds. The lowest BCUT2D eigenvalue weighted by atomic mass is 9.85. The number of carbonyl (C=O) groups excluding carboxylic acids is 4. The lowest BCUT2D eigenvalue weighted by Crippen LogP contribution is -2.38. The van der Waals surface area contributed by atoms with E-state index in [0.29, 0.717) is 5.69 Å². The number of nitrogens with one attached hydrogen (secondary N) is 1. The normalized spacial score (nSPS) is 27.2. The minimum absolute atomic E-state index is 0.0943. The Kier molecular flexibility index (Phi) is 4.75. The largest absolute Gasteiger partial charge is 0.454 e. The summed E-state index contributed by atoms with van der Waals surface area (Å²) in [5.74, 6) is -2.33. The fourth-order valence-corrected chi connectivity index (χ4v) is 4.58. The summed E-state index contributed by atoms with van der Waals surface area (Å²) in [5, 5.41) is 2.71. The Labute approximate surface area is 162 Å². The van der Waals surface area contributed by atoms with Crippen LogP contribution in [0.4, 0.5) is 5.69 Å². The van der Waals surface area contributed by atoms with Gasteiger partial charge in [0.05, 0.1) is 11.8 Å². The third-order valence-electron chi connectivity index (χ3n) is 5.89. The monoisotopic (exact) mass is 382 g/mol. The number of carbonyl (C=O) groups is 4. The van der Waals surface area contributed by atoms with Crippen molar-refractivity contribution in [3.8, 4) is 0 Å². The molecule has 28 heavy (non-hydrogen) atoms. The molecule has 146 valence electrons. The van der Waals surface area contributed by atoms with Gasteiger partial charge in [-0.1, -0.05) is 37.3 Å². The van der Waals surface area contributed by atoms with Crippen LogP contribution in [0.3, 0.4) is 0 Å². The number of anilines is 1. The molecule has 2 aliphatic carbocycles. The van der Waals surface area contributed by atoms with Crippen molar-refractivity contribution >= 4 is 29.4 Å². The fraction of sp³-hybridized carbons (Fsp3) is 0.429. The van der Waals surface area contributed by atoms with Gasteiger partial charge in [0.25, 0.3) is 5.91 Å². The average Bonchev–Trinajstić information content (AvgIpc) is 3.37. The second-order valence-corrected chi connectivity index (χ2v) is 7.48. The van der Waals surface area contributed by atoms with Crippen molar-refractivity contribution in [3.63, 3.8) is 0 Å². The van der Waals surface area contributed by atoms with Crippen LogP contribution in [0.25, 0.3) is 0 Å². The van der Waals surface area contributed by atoms with Crippen molar-refractivity contribution in [2.75, 3.05) is 18.5 Å². The van der Waals surface area contributed by atoms with E-state index in [-0.39, 0.29) is 35.5 Å². The average molecular weight is 382 g/mol. The highest BCUT2D eigenvalue weighted by molar-refractivity contribution is 6.08. The smallest absolute Gasteiger partial charge is 0.326 e. The number of likely N-dealkylation sites (tertiary alicyclic amines) is 1. The van der Waals surface area contributed by atoms with Gasteiger partial charge in [-0.3, -0.25) is 24.1 Å². The van der Waals surface area contributed by atoms with E-state index in [1.54, 1.807) is 6.07 Å². The van der Waals surface area contributed by atoms with Crippen LogP contribution in [0.2, 0.25) is 0 Å². The molecule has 1 heterocycles. The molecule has 3 aliphatic rings. The van der Waals surface area contributed by atoms with Gasteiger partial charge in [-0.05, 0) is 36.3 Å². The van der Waals surface area contributed by atoms with Gasteiger partial charge in [0.15, 0.2) is 6.61 Å². The third-order valence-corrected chi connectivity index (χ3v) is 5.89. The van der Waals surface area contributed by atoms with Crippen LogP contribution in [0.1, 0.15) is 18.9 Å². The summed E-state index contributed by atoms with van der Waals surface area (Å²) >= 11 is 0. The van der Waals surface area contributed by atoms with Crippen LogP contribution in [-0.4, -0.2) is 41.7 Å².